The van der Waals surface area contributed by atoms with Crippen LogP contribution < -0.4 is 16.3 Å². The van der Waals surface area contributed by atoms with Crippen LogP contribution in [-0.2, 0) is 28.2 Å². The molecule has 11 nitrogen and oxygen atoms in total. The zero-order chi connectivity index (χ0) is 26.6. The minimum absolute atomic E-state index is 0.106. The van der Waals surface area contributed by atoms with Gasteiger partial charge in [0.2, 0.25) is 5.50 Å². The number of ketones is 1. The number of nitrogen functional groups attached to an aromatic ring is 1. The lowest BCUT2D eigenvalue weighted by molar-refractivity contribution is -0.149. The summed E-state index contributed by atoms with van der Waals surface area (Å²) < 4.78 is 35.1. The van der Waals surface area contributed by atoms with Gasteiger partial charge in [0.25, 0.3) is 0 Å². The number of carbonyl (C=O) groups is 3. The number of esters is 2. The number of aromatic nitrogens is 1. The van der Waals surface area contributed by atoms with Crippen molar-refractivity contribution in [3.63, 3.8) is 0 Å². The molecule has 35 heavy (non-hydrogen) atoms. The smallest absolute Gasteiger partial charge is 0.335 e. The fourth-order valence-corrected chi connectivity index (χ4v) is 5.73. The molecular formula is C22H32N3O8PS. The standard InChI is InChI=1S/C22H32N3O8PS/c1-8-30-14(26)12-32-34(29,25-22(6,7)19(28)31-9-2)15-11-10-13(33-15)16-17(35-20(23)24-16)18(27)21(3,4)5/h10-11H,8-9,12H2,1-7H3,(H2,23,24)(H,25,29). The largest absolute Gasteiger partial charge is 0.465 e. The highest BCUT2D eigenvalue weighted by molar-refractivity contribution is 7.64. The van der Waals surface area contributed by atoms with Gasteiger partial charge in [-0.15, -0.1) is 0 Å². The van der Waals surface area contributed by atoms with E-state index in [9.17, 15) is 18.9 Å². The molecule has 2 rings (SSSR count). The van der Waals surface area contributed by atoms with Gasteiger partial charge in [0.15, 0.2) is 23.3 Å². The van der Waals surface area contributed by atoms with E-state index in [1.165, 1.54) is 26.0 Å². The molecule has 2 heterocycles. The van der Waals surface area contributed by atoms with Gasteiger partial charge in [-0.3, -0.25) is 14.2 Å². The Morgan fingerprint density at radius 2 is 1.74 bits per heavy atom. The van der Waals surface area contributed by atoms with Crippen LogP contribution in [0.5, 0.6) is 0 Å². The topological polar surface area (TPSA) is 160 Å². The van der Waals surface area contributed by atoms with Gasteiger partial charge >= 0.3 is 19.5 Å². The summed E-state index contributed by atoms with van der Waals surface area (Å²) in [4.78, 5) is 41.7. The summed E-state index contributed by atoms with van der Waals surface area (Å²) in [6, 6.07) is 2.82. The number of Topliss-reactive ketones (excluding diaryl/α,β-unsaturated/α-hetero) is 1. The Kier molecular flexibility index (Phi) is 9.05. The van der Waals surface area contributed by atoms with Crippen molar-refractivity contribution in [2.24, 2.45) is 5.41 Å². The second-order valence-electron chi connectivity index (χ2n) is 9.03. The van der Waals surface area contributed by atoms with E-state index in [1.807, 2.05) is 0 Å². The molecule has 0 aliphatic carbocycles. The summed E-state index contributed by atoms with van der Waals surface area (Å²) in [6.07, 6.45) is 0. The molecule has 0 fully saturated rings. The maximum Gasteiger partial charge on any atom is 0.335 e. The number of rotatable bonds is 11. The van der Waals surface area contributed by atoms with E-state index in [1.54, 1.807) is 34.6 Å². The van der Waals surface area contributed by atoms with Gasteiger partial charge in [-0.2, -0.15) is 0 Å². The van der Waals surface area contributed by atoms with E-state index in [-0.39, 0.29) is 46.0 Å². The third-order valence-corrected chi connectivity index (χ3v) is 7.58. The van der Waals surface area contributed by atoms with E-state index < -0.39 is 37.0 Å². The molecule has 194 valence electrons. The Hall–Kier alpha value is -2.53. The van der Waals surface area contributed by atoms with Crippen LogP contribution in [0.2, 0.25) is 0 Å². The van der Waals surface area contributed by atoms with Gasteiger partial charge in [0, 0.05) is 5.41 Å². The lowest BCUT2D eigenvalue weighted by Crippen LogP contribution is -2.47. The summed E-state index contributed by atoms with van der Waals surface area (Å²) in [5, 5.41) is 2.81. The Morgan fingerprint density at radius 3 is 2.31 bits per heavy atom. The third kappa shape index (κ3) is 7.00. The van der Waals surface area contributed by atoms with E-state index in [0.717, 1.165) is 11.3 Å². The molecule has 3 N–H and O–H groups in total. The highest BCUT2D eigenvalue weighted by atomic mass is 32.1. The van der Waals surface area contributed by atoms with Crippen molar-refractivity contribution in [1.29, 1.82) is 0 Å². The van der Waals surface area contributed by atoms with Gasteiger partial charge in [0.1, 0.15) is 16.1 Å². The summed E-state index contributed by atoms with van der Waals surface area (Å²) in [5.74, 6) is -1.50. The molecule has 0 spiro atoms. The van der Waals surface area contributed by atoms with Gasteiger partial charge in [0.05, 0.1) is 13.2 Å². The van der Waals surface area contributed by atoms with Crippen LogP contribution in [-0.4, -0.2) is 48.1 Å². The number of hydrogen-bond donors (Lipinski definition) is 2. The Morgan fingerprint density at radius 1 is 1.11 bits per heavy atom. The number of carbonyl (C=O) groups excluding carboxylic acids is 3. The van der Waals surface area contributed by atoms with E-state index in [0.29, 0.717) is 0 Å². The van der Waals surface area contributed by atoms with Crippen molar-refractivity contribution in [2.75, 3.05) is 25.6 Å². The molecule has 0 saturated heterocycles. The number of nitrogens with two attached hydrogens (primary N) is 1. The molecule has 0 aliphatic rings. The summed E-state index contributed by atoms with van der Waals surface area (Å²) >= 11 is 1.02. The Labute approximate surface area is 208 Å². The second kappa shape index (κ2) is 11.0. The highest BCUT2D eigenvalue weighted by Gasteiger charge is 2.42. The van der Waals surface area contributed by atoms with E-state index in [2.05, 4.69) is 10.1 Å². The van der Waals surface area contributed by atoms with Crippen LogP contribution in [0.3, 0.4) is 0 Å². The Balaban J connectivity index is 2.50. The van der Waals surface area contributed by atoms with Crippen LogP contribution in [0, 0.1) is 5.41 Å². The molecule has 0 aliphatic heterocycles. The first-order valence-corrected chi connectivity index (χ1v) is 13.4. The molecule has 1 atom stereocenters. The summed E-state index contributed by atoms with van der Waals surface area (Å²) in [5.41, 5.74) is 3.69. The second-order valence-corrected chi connectivity index (χ2v) is 12.1. The first-order valence-electron chi connectivity index (χ1n) is 10.9. The number of nitrogens with zero attached hydrogens (tertiary/aromatic N) is 1. The molecule has 0 radical (unpaired) electrons. The van der Waals surface area contributed by atoms with Gasteiger partial charge in [-0.05, 0) is 39.8 Å². The lowest BCUT2D eigenvalue weighted by atomic mass is 9.89. The third-order valence-electron chi connectivity index (χ3n) is 4.53. The zero-order valence-corrected chi connectivity index (χ0v) is 22.6. The van der Waals surface area contributed by atoms with Crippen molar-refractivity contribution < 1.29 is 37.4 Å². The maximum atomic E-state index is 13.9. The highest BCUT2D eigenvalue weighted by Crippen LogP contribution is 2.45. The van der Waals surface area contributed by atoms with Crippen LogP contribution >= 0.6 is 18.9 Å². The molecule has 2 aromatic heterocycles. The normalized spacial score (nSPS) is 13.8. The number of ether oxygens (including phenoxy) is 2. The number of nitrogens with one attached hydrogen (secondary N) is 1. The minimum Gasteiger partial charge on any atom is -0.465 e. The van der Waals surface area contributed by atoms with Gasteiger partial charge < -0.3 is 24.1 Å². The summed E-state index contributed by atoms with van der Waals surface area (Å²) in [7, 11) is -4.17. The van der Waals surface area contributed by atoms with Crippen LogP contribution in [0.4, 0.5) is 5.13 Å². The predicted molar refractivity (Wildman–Crippen MR) is 132 cm³/mol. The molecular weight excluding hydrogens is 497 g/mol. The van der Waals surface area contributed by atoms with Crippen molar-refractivity contribution in [3.8, 4) is 11.5 Å². The van der Waals surface area contributed by atoms with E-state index >= 15 is 0 Å². The lowest BCUT2D eigenvalue weighted by Gasteiger charge is -2.28. The fourth-order valence-electron chi connectivity index (χ4n) is 2.83. The van der Waals surface area contributed by atoms with Crippen molar-refractivity contribution >= 4 is 47.2 Å². The monoisotopic (exact) mass is 529 g/mol. The first kappa shape index (κ1) is 28.7. The molecule has 2 aromatic rings. The number of furan rings is 1. The maximum absolute atomic E-state index is 13.9. The fraction of sp³-hybridized carbons (Fsp3) is 0.545. The first-order chi connectivity index (χ1) is 16.1. The van der Waals surface area contributed by atoms with Crippen molar-refractivity contribution in [1.82, 2.24) is 10.1 Å². The van der Waals surface area contributed by atoms with Crippen LogP contribution in [0.25, 0.3) is 11.5 Å². The van der Waals surface area contributed by atoms with E-state index in [4.69, 9.17) is 24.1 Å². The van der Waals surface area contributed by atoms with Crippen molar-refractivity contribution in [2.45, 2.75) is 54.0 Å². The summed E-state index contributed by atoms with van der Waals surface area (Å²) in [6.45, 7) is 11.0. The molecule has 0 bridgehead atoms. The molecule has 1 unspecified atom stereocenters. The molecule has 13 heteroatoms. The Bertz CT molecular complexity index is 1130. The van der Waals surface area contributed by atoms with Gasteiger partial charge in [-0.25, -0.2) is 14.9 Å². The average molecular weight is 530 g/mol. The van der Waals surface area contributed by atoms with Crippen LogP contribution in [0.1, 0.15) is 58.1 Å². The molecule has 0 saturated carbocycles. The quantitative estimate of drug-likeness (QED) is 0.249. The van der Waals surface area contributed by atoms with Gasteiger partial charge in [-0.1, -0.05) is 32.1 Å². The molecule has 0 aromatic carbocycles. The predicted octanol–water partition coefficient (Wildman–Crippen LogP) is 3.54. The van der Waals surface area contributed by atoms with Crippen molar-refractivity contribution in [3.05, 3.63) is 17.0 Å². The molecule has 0 amide bonds. The number of anilines is 1. The zero-order valence-electron chi connectivity index (χ0n) is 20.9. The number of thiazole rings is 1. The minimum atomic E-state index is -4.17. The average Bonchev–Trinajstić information content (AvgIpc) is 3.38. The van der Waals surface area contributed by atoms with Crippen LogP contribution in [0.15, 0.2) is 16.5 Å². The number of hydrogen-bond acceptors (Lipinski definition) is 11. The SMILES string of the molecule is CCOC(=O)COP(=O)(NC(C)(C)C(=O)OCC)c1ccc(-c2nc(N)sc2C(=O)C(C)(C)C)o1.